The number of imidazole rings is 1. The van der Waals surface area contributed by atoms with E-state index in [1.165, 1.54) is 0 Å². The predicted molar refractivity (Wildman–Crippen MR) is 141 cm³/mol. The molecule has 0 saturated heterocycles. The number of aromatic nitrogens is 3. The fourth-order valence-corrected chi connectivity index (χ4v) is 5.12. The number of anilines is 1. The van der Waals surface area contributed by atoms with Crippen molar-refractivity contribution in [1.29, 1.82) is 0 Å². The number of urea groups is 1. The average molecular weight is 492 g/mol. The van der Waals surface area contributed by atoms with Crippen LogP contribution >= 0.6 is 0 Å². The van der Waals surface area contributed by atoms with Crippen LogP contribution in [0, 0.1) is 6.92 Å². The molecular weight excluding hydrogens is 458 g/mol. The van der Waals surface area contributed by atoms with Crippen LogP contribution in [0.3, 0.4) is 0 Å². The minimum Gasteiger partial charge on any atom is -0.466 e. The SMILES string of the molecule is CCCC(CC(=O)OCC)n1c(=O)n(C(C)c2c[nH]c3cccc(C)c23)c2cc(NC(N)=O)ccc21. The lowest BCUT2D eigenvalue weighted by Gasteiger charge is -2.18. The number of fused-ring (bicyclic) bond motifs is 2. The maximum Gasteiger partial charge on any atom is 0.329 e. The Labute approximate surface area is 209 Å². The first-order chi connectivity index (χ1) is 17.3. The molecule has 190 valence electrons. The Bertz CT molecular complexity index is 1480. The molecule has 0 saturated carbocycles. The molecule has 2 atom stereocenters. The second-order valence-electron chi connectivity index (χ2n) is 9.08. The van der Waals surface area contributed by atoms with Crippen molar-refractivity contribution in [3.63, 3.8) is 0 Å². The van der Waals surface area contributed by atoms with Crippen LogP contribution in [0.2, 0.25) is 0 Å². The van der Waals surface area contributed by atoms with Gasteiger partial charge >= 0.3 is 17.7 Å². The molecule has 2 heterocycles. The van der Waals surface area contributed by atoms with E-state index in [0.717, 1.165) is 28.5 Å². The van der Waals surface area contributed by atoms with E-state index in [0.29, 0.717) is 23.1 Å². The number of primary amides is 1. The number of aryl methyl sites for hydroxylation is 1. The lowest BCUT2D eigenvalue weighted by atomic mass is 10.0. The van der Waals surface area contributed by atoms with Gasteiger partial charge in [-0.05, 0) is 57.0 Å². The van der Waals surface area contributed by atoms with Crippen LogP contribution in [0.15, 0.2) is 47.4 Å². The number of benzene rings is 2. The average Bonchev–Trinajstić information content (AvgIpc) is 3.37. The summed E-state index contributed by atoms with van der Waals surface area (Å²) in [4.78, 5) is 41.4. The van der Waals surface area contributed by atoms with Gasteiger partial charge < -0.3 is 20.8 Å². The molecule has 4 N–H and O–H groups in total. The van der Waals surface area contributed by atoms with Gasteiger partial charge in [-0.25, -0.2) is 9.59 Å². The van der Waals surface area contributed by atoms with Crippen LogP contribution in [0.25, 0.3) is 21.9 Å². The Balaban J connectivity index is 1.95. The molecule has 2 amide bonds. The van der Waals surface area contributed by atoms with Crippen LogP contribution < -0.4 is 16.7 Å². The van der Waals surface area contributed by atoms with E-state index in [1.54, 1.807) is 34.3 Å². The highest BCUT2D eigenvalue weighted by Gasteiger charge is 2.27. The number of H-pyrrole nitrogens is 1. The molecule has 2 aromatic heterocycles. The van der Waals surface area contributed by atoms with Gasteiger partial charge in [-0.15, -0.1) is 0 Å². The molecule has 4 aromatic rings. The summed E-state index contributed by atoms with van der Waals surface area (Å²) >= 11 is 0. The summed E-state index contributed by atoms with van der Waals surface area (Å²) in [5.41, 5.74) is 10.0. The summed E-state index contributed by atoms with van der Waals surface area (Å²) < 4.78 is 8.63. The van der Waals surface area contributed by atoms with Gasteiger partial charge in [0.15, 0.2) is 0 Å². The Morgan fingerprint density at radius 2 is 1.92 bits per heavy atom. The number of aromatic amines is 1. The first-order valence-corrected chi connectivity index (χ1v) is 12.3. The van der Waals surface area contributed by atoms with Crippen molar-refractivity contribution in [3.8, 4) is 0 Å². The number of nitrogens with one attached hydrogen (secondary N) is 2. The van der Waals surface area contributed by atoms with E-state index in [4.69, 9.17) is 10.5 Å². The third kappa shape index (κ3) is 4.60. The van der Waals surface area contributed by atoms with Gasteiger partial charge in [-0.3, -0.25) is 13.9 Å². The number of esters is 1. The van der Waals surface area contributed by atoms with Crippen molar-refractivity contribution in [2.24, 2.45) is 5.73 Å². The highest BCUT2D eigenvalue weighted by molar-refractivity contribution is 5.91. The molecule has 0 fully saturated rings. The van der Waals surface area contributed by atoms with Crippen molar-refractivity contribution in [2.45, 2.75) is 59.0 Å². The number of hydrogen-bond acceptors (Lipinski definition) is 4. The summed E-state index contributed by atoms with van der Waals surface area (Å²) in [6.45, 7) is 8.10. The van der Waals surface area contributed by atoms with Crippen LogP contribution in [0.4, 0.5) is 10.5 Å². The van der Waals surface area contributed by atoms with E-state index in [1.807, 2.05) is 45.2 Å². The summed E-state index contributed by atoms with van der Waals surface area (Å²) in [6, 6.07) is 9.92. The molecule has 9 heteroatoms. The zero-order chi connectivity index (χ0) is 26.0. The van der Waals surface area contributed by atoms with E-state index in [2.05, 4.69) is 10.3 Å². The fourth-order valence-electron chi connectivity index (χ4n) is 5.12. The monoisotopic (exact) mass is 491 g/mol. The first-order valence-electron chi connectivity index (χ1n) is 12.3. The normalized spacial score (nSPS) is 13.1. The van der Waals surface area contributed by atoms with Crippen molar-refractivity contribution in [1.82, 2.24) is 14.1 Å². The van der Waals surface area contributed by atoms with Gasteiger partial charge in [0, 0.05) is 34.4 Å². The molecule has 2 aromatic carbocycles. The second-order valence-corrected chi connectivity index (χ2v) is 9.08. The first kappa shape index (κ1) is 25.1. The maximum absolute atomic E-state index is 14.1. The van der Waals surface area contributed by atoms with Gasteiger partial charge in [0.2, 0.25) is 0 Å². The third-order valence-electron chi connectivity index (χ3n) is 6.65. The van der Waals surface area contributed by atoms with Crippen LogP contribution in [-0.4, -0.2) is 32.7 Å². The topological polar surface area (TPSA) is 124 Å². The lowest BCUT2D eigenvalue weighted by Crippen LogP contribution is -2.30. The number of hydrogen-bond donors (Lipinski definition) is 3. The van der Waals surface area contributed by atoms with Crippen molar-refractivity contribution < 1.29 is 14.3 Å². The van der Waals surface area contributed by atoms with E-state index >= 15 is 0 Å². The van der Waals surface area contributed by atoms with E-state index in [9.17, 15) is 14.4 Å². The smallest absolute Gasteiger partial charge is 0.329 e. The van der Waals surface area contributed by atoms with Gasteiger partial charge in [0.25, 0.3) is 0 Å². The summed E-state index contributed by atoms with van der Waals surface area (Å²) in [6.07, 6.45) is 3.47. The van der Waals surface area contributed by atoms with Crippen molar-refractivity contribution in [2.75, 3.05) is 11.9 Å². The Morgan fingerprint density at radius 3 is 2.61 bits per heavy atom. The summed E-state index contributed by atoms with van der Waals surface area (Å²) in [5.74, 6) is -0.337. The number of nitrogens with zero attached hydrogens (tertiary/aromatic N) is 2. The van der Waals surface area contributed by atoms with E-state index in [-0.39, 0.29) is 36.8 Å². The number of amides is 2. The molecule has 0 aliphatic rings. The minimum absolute atomic E-state index is 0.0998. The molecule has 0 aliphatic carbocycles. The fraction of sp³-hybridized carbons (Fsp3) is 0.370. The molecule has 4 rings (SSSR count). The van der Waals surface area contributed by atoms with Gasteiger partial charge in [-0.2, -0.15) is 0 Å². The Kier molecular flexibility index (Phi) is 7.19. The molecule has 0 bridgehead atoms. The number of rotatable bonds is 9. The number of carbonyl (C=O) groups is 2. The Hall–Kier alpha value is -4.01. The van der Waals surface area contributed by atoms with E-state index < -0.39 is 6.03 Å². The second kappa shape index (κ2) is 10.3. The minimum atomic E-state index is -0.686. The van der Waals surface area contributed by atoms with Crippen LogP contribution in [0.5, 0.6) is 0 Å². The third-order valence-corrected chi connectivity index (χ3v) is 6.65. The molecule has 0 spiro atoms. The molecular formula is C27H33N5O4. The van der Waals surface area contributed by atoms with Crippen LogP contribution in [0.1, 0.15) is 63.2 Å². The molecule has 2 unspecified atom stereocenters. The zero-order valence-corrected chi connectivity index (χ0v) is 21.1. The molecule has 36 heavy (non-hydrogen) atoms. The summed E-state index contributed by atoms with van der Waals surface area (Å²) in [5, 5.41) is 3.67. The maximum atomic E-state index is 14.1. The van der Waals surface area contributed by atoms with Crippen molar-refractivity contribution >= 4 is 39.6 Å². The Morgan fingerprint density at radius 1 is 1.14 bits per heavy atom. The lowest BCUT2D eigenvalue weighted by molar-refractivity contribution is -0.144. The molecule has 9 nitrogen and oxygen atoms in total. The summed E-state index contributed by atoms with van der Waals surface area (Å²) in [7, 11) is 0. The predicted octanol–water partition coefficient (Wildman–Crippen LogP) is 4.99. The quantitative estimate of drug-likeness (QED) is 0.285. The number of nitrogens with two attached hydrogens (primary N) is 1. The standard InChI is InChI=1S/C27H33N5O4/c1-5-8-19(14-24(33)36-6-2)32-22-12-11-18(30-26(28)34)13-23(22)31(27(32)35)17(4)20-15-29-21-10-7-9-16(3)25(20)21/h7,9-13,15,17,19,29H,5-6,8,14H2,1-4H3,(H3,28,30,34). The van der Waals surface area contributed by atoms with Crippen molar-refractivity contribution in [3.05, 3.63) is 64.2 Å². The number of carbonyl (C=O) groups excluding carboxylic acids is 2. The highest BCUT2D eigenvalue weighted by Crippen LogP contribution is 2.33. The highest BCUT2D eigenvalue weighted by atomic mass is 16.5. The number of ether oxygens (including phenoxy) is 1. The van der Waals surface area contributed by atoms with Gasteiger partial charge in [0.1, 0.15) is 0 Å². The zero-order valence-electron chi connectivity index (χ0n) is 21.1. The van der Waals surface area contributed by atoms with Crippen LogP contribution in [-0.2, 0) is 9.53 Å². The molecule has 0 aliphatic heterocycles. The van der Waals surface area contributed by atoms with Gasteiger partial charge in [0.05, 0.1) is 30.1 Å². The largest absolute Gasteiger partial charge is 0.466 e. The van der Waals surface area contributed by atoms with Gasteiger partial charge in [-0.1, -0.05) is 25.5 Å². The molecule has 0 radical (unpaired) electrons.